The van der Waals surface area contributed by atoms with Gasteiger partial charge in [-0.1, -0.05) is 135 Å². The van der Waals surface area contributed by atoms with Crippen LogP contribution in [0, 0.1) is 23.7 Å². The lowest BCUT2D eigenvalue weighted by Gasteiger charge is -2.53. The number of hydrogen-bond acceptors (Lipinski definition) is 11. The van der Waals surface area contributed by atoms with E-state index in [1.54, 1.807) is 13.0 Å². The Balaban J connectivity index is 0.957. The van der Waals surface area contributed by atoms with E-state index in [9.17, 15) is 20.1 Å². The smallest absolute Gasteiger partial charge is 0.340 e. The maximum Gasteiger partial charge on any atom is 0.340 e. The molecule has 438 valence electrons. The SMILES string of the molecule is COCC(CCO)c1c(CO)c2ccc3c(c2oc1=O)C1OC(=O)CC2CC(c4cccc(C5(c6ccccc6)CCCCC5)c4)CCC2c2ccc(cc2)CCC(=C(C)CO)C(=O)OC1C1(CCCC2C4C=Cc5ccccc5C4CC21)O3. The van der Waals surface area contributed by atoms with E-state index < -0.39 is 47.9 Å². The number of hydrogen-bond donors (Lipinski definition) is 3. The highest BCUT2D eigenvalue weighted by molar-refractivity contribution is 5.90. The molecule has 0 radical (unpaired) electrons. The zero-order valence-corrected chi connectivity index (χ0v) is 48.6. The van der Waals surface area contributed by atoms with E-state index in [1.807, 2.05) is 6.07 Å². The summed E-state index contributed by atoms with van der Waals surface area (Å²) >= 11 is 0. The molecule has 3 N–H and O–H groups in total. The molecule has 8 aliphatic rings. The average Bonchev–Trinajstić information content (AvgIpc) is 1.55. The lowest BCUT2D eigenvalue weighted by molar-refractivity contribution is -0.212. The van der Waals surface area contributed by atoms with Crippen LogP contribution in [-0.2, 0) is 42.2 Å². The van der Waals surface area contributed by atoms with Crippen molar-refractivity contribution in [1.29, 1.82) is 0 Å². The van der Waals surface area contributed by atoms with E-state index in [0.29, 0.717) is 47.1 Å². The summed E-state index contributed by atoms with van der Waals surface area (Å²) in [6.45, 7) is 0.731. The molecule has 14 rings (SSSR count). The molecule has 4 saturated carbocycles. The van der Waals surface area contributed by atoms with Gasteiger partial charge in [0, 0.05) is 53.9 Å². The first-order valence-electron chi connectivity index (χ1n) is 31.3. The quantitative estimate of drug-likeness (QED) is 0.0680. The van der Waals surface area contributed by atoms with Crippen LogP contribution in [0.5, 0.6) is 5.75 Å². The molecule has 11 heteroatoms. The Kier molecular flexibility index (Phi) is 15.9. The molecule has 84 heavy (non-hydrogen) atoms. The number of aliphatic hydroxyl groups excluding tert-OH is 3. The van der Waals surface area contributed by atoms with Crippen LogP contribution >= 0.6 is 0 Å². The second kappa shape index (κ2) is 23.7. The maximum atomic E-state index is 15.9. The first-order chi connectivity index (χ1) is 41.1. The summed E-state index contributed by atoms with van der Waals surface area (Å²) in [6, 6.07) is 41.3. The standard InChI is InChI=1S/C73H80O11/c1-44(41-75)54-27-22-45-20-23-47(24-21-45)55-28-26-49(48-14-11-17-53(38-48)72(33-9-4-10-34-72)52-15-5-3-6-16-52)37-51(55)39-64(77)81-68-66-63(31-30-59-61(42-76)65(71(79)82-67(59)66)50(32-36-74)43-80-2)84-73(69(68)83-70(54)78)35-12-19-58-57-29-25-46-13-7-8-18-56(46)60(57)40-62(58)73/h3,5-8,11,13-18,20-21,23-25,29-31,38,49-51,55,57-58,60,62,68-69,74-76H,4,9-10,12,19,22,26-28,32-37,39-43H2,1-2H3. The summed E-state index contributed by atoms with van der Waals surface area (Å²) in [5.74, 6) is -0.904. The van der Waals surface area contributed by atoms with Gasteiger partial charge in [-0.25, -0.2) is 9.59 Å². The first-order valence-corrected chi connectivity index (χ1v) is 31.3. The molecule has 5 aliphatic carbocycles. The van der Waals surface area contributed by atoms with Gasteiger partial charge in [0.1, 0.15) is 11.3 Å². The minimum atomic E-state index is -1.33. The number of rotatable bonds is 10. The van der Waals surface area contributed by atoms with Crippen molar-refractivity contribution >= 4 is 29.0 Å². The van der Waals surface area contributed by atoms with Gasteiger partial charge in [0.15, 0.2) is 17.8 Å². The molecule has 0 amide bonds. The van der Waals surface area contributed by atoms with Crippen molar-refractivity contribution in [3.8, 4) is 5.75 Å². The van der Waals surface area contributed by atoms with Crippen LogP contribution in [0.3, 0.4) is 0 Å². The highest BCUT2D eigenvalue weighted by Gasteiger charge is 2.65. The number of esters is 2. The topological polar surface area (TPSA) is 162 Å². The molecular weight excluding hydrogens is 1050 g/mol. The predicted octanol–water partition coefficient (Wildman–Crippen LogP) is 13.5. The summed E-state index contributed by atoms with van der Waals surface area (Å²) < 4.78 is 34.0. The second-order valence-corrected chi connectivity index (χ2v) is 25.7. The summed E-state index contributed by atoms with van der Waals surface area (Å²) in [5, 5.41) is 32.7. The zero-order valence-electron chi connectivity index (χ0n) is 48.6. The van der Waals surface area contributed by atoms with Gasteiger partial charge in [0.25, 0.3) is 0 Å². The minimum absolute atomic E-state index is 0.0437. The molecule has 11 atom stereocenters. The van der Waals surface area contributed by atoms with E-state index in [0.717, 1.165) is 62.5 Å². The van der Waals surface area contributed by atoms with Crippen LogP contribution < -0.4 is 10.4 Å². The number of carbonyl (C=O) groups is 2. The lowest BCUT2D eigenvalue weighted by atomic mass is 9.63. The minimum Gasteiger partial charge on any atom is -0.482 e. The van der Waals surface area contributed by atoms with E-state index >= 15 is 9.59 Å². The third-order valence-electron chi connectivity index (χ3n) is 21.5. The number of benzene rings is 5. The molecule has 4 fully saturated rings. The van der Waals surface area contributed by atoms with Gasteiger partial charge >= 0.3 is 17.6 Å². The summed E-state index contributed by atoms with van der Waals surface area (Å²) in [4.78, 5) is 46.1. The van der Waals surface area contributed by atoms with Crippen molar-refractivity contribution in [2.75, 3.05) is 26.9 Å². The van der Waals surface area contributed by atoms with Gasteiger partial charge in [-0.3, -0.25) is 4.79 Å². The molecule has 6 aromatic rings. The van der Waals surface area contributed by atoms with Gasteiger partial charge in [0.2, 0.25) is 0 Å². The lowest BCUT2D eigenvalue weighted by Crippen LogP contribution is -2.62. The molecule has 4 heterocycles. The molecule has 0 saturated heterocycles. The number of methoxy groups -OCH3 is 1. The number of aryl methyl sites for hydroxylation is 1. The Hall–Kier alpha value is -6.63. The molecule has 1 aromatic heterocycles. The highest BCUT2D eigenvalue weighted by Crippen LogP contribution is 2.64. The number of ether oxygens (including phenoxy) is 4. The summed E-state index contributed by atoms with van der Waals surface area (Å²) in [5.41, 5.74) is 8.39. The Labute approximate surface area is 493 Å². The third-order valence-corrected chi connectivity index (χ3v) is 21.5. The molecular formula is C73H80O11. The fourth-order valence-electron chi connectivity index (χ4n) is 17.5. The van der Waals surface area contributed by atoms with Gasteiger partial charge < -0.3 is 38.7 Å². The number of carbonyl (C=O) groups excluding carboxylic acids is 2. The number of allylic oxidation sites excluding steroid dienone is 1. The Bertz CT molecular complexity index is 3530. The zero-order chi connectivity index (χ0) is 57.7. The van der Waals surface area contributed by atoms with Gasteiger partial charge in [-0.05, 0) is 182 Å². The highest BCUT2D eigenvalue weighted by atomic mass is 16.6. The van der Waals surface area contributed by atoms with Crippen molar-refractivity contribution in [2.45, 2.75) is 163 Å². The molecule has 3 aliphatic heterocycles. The largest absolute Gasteiger partial charge is 0.482 e. The second-order valence-electron chi connectivity index (χ2n) is 25.7. The summed E-state index contributed by atoms with van der Waals surface area (Å²) in [6.07, 6.45) is 14.4. The van der Waals surface area contributed by atoms with Crippen molar-refractivity contribution in [1.82, 2.24) is 0 Å². The molecule has 11 unspecified atom stereocenters. The maximum absolute atomic E-state index is 15.9. The molecule has 1 spiro atoms. The Morgan fingerprint density at radius 1 is 0.762 bits per heavy atom. The van der Waals surface area contributed by atoms with Crippen LogP contribution in [-0.4, -0.2) is 65.9 Å². The van der Waals surface area contributed by atoms with Crippen molar-refractivity contribution in [2.24, 2.45) is 23.7 Å². The van der Waals surface area contributed by atoms with Crippen molar-refractivity contribution < 1.29 is 48.3 Å². The predicted molar refractivity (Wildman–Crippen MR) is 323 cm³/mol. The van der Waals surface area contributed by atoms with Crippen LogP contribution in [0.4, 0.5) is 0 Å². The van der Waals surface area contributed by atoms with Crippen LogP contribution in [0.2, 0.25) is 0 Å². The van der Waals surface area contributed by atoms with Crippen LogP contribution in [0.25, 0.3) is 17.0 Å². The fourth-order valence-corrected chi connectivity index (χ4v) is 17.5. The number of fused-ring (bicyclic) bond motifs is 17. The van der Waals surface area contributed by atoms with Crippen LogP contribution in [0.1, 0.15) is 189 Å². The van der Waals surface area contributed by atoms with E-state index in [2.05, 4.69) is 115 Å². The van der Waals surface area contributed by atoms with Crippen molar-refractivity contribution in [3.63, 3.8) is 0 Å². The van der Waals surface area contributed by atoms with E-state index in [-0.39, 0.29) is 96.2 Å². The molecule has 5 aromatic carbocycles. The molecule has 11 nitrogen and oxygen atoms in total. The third kappa shape index (κ3) is 9.98. The van der Waals surface area contributed by atoms with Crippen LogP contribution in [0.15, 0.2) is 142 Å². The van der Waals surface area contributed by atoms with E-state index in [4.69, 9.17) is 23.4 Å². The van der Waals surface area contributed by atoms with E-state index in [1.165, 1.54) is 54.2 Å². The average molecular weight is 1130 g/mol. The van der Waals surface area contributed by atoms with Crippen molar-refractivity contribution in [3.05, 3.63) is 199 Å². The van der Waals surface area contributed by atoms with Gasteiger partial charge in [-0.2, -0.15) is 0 Å². The molecule has 2 bridgehead atoms. The fraction of sp³-hybridized carbons (Fsp3) is 0.466. The Morgan fingerprint density at radius 3 is 2.35 bits per heavy atom. The number of aliphatic hydroxyl groups is 3. The Morgan fingerprint density at radius 2 is 1.56 bits per heavy atom. The first kappa shape index (κ1) is 56.5. The van der Waals surface area contributed by atoms with Gasteiger partial charge in [-0.15, -0.1) is 0 Å². The monoisotopic (exact) mass is 1130 g/mol. The summed E-state index contributed by atoms with van der Waals surface area (Å²) in [7, 11) is 1.52. The normalized spacial score (nSPS) is 29.0. The van der Waals surface area contributed by atoms with Gasteiger partial charge in [0.05, 0.1) is 25.4 Å².